The maximum absolute atomic E-state index is 14.4. The van der Waals surface area contributed by atoms with Crippen LogP contribution in [0.4, 0.5) is 13.9 Å². The van der Waals surface area contributed by atoms with Gasteiger partial charge in [0.2, 0.25) is 0 Å². The number of alkyl halides is 1. The van der Waals surface area contributed by atoms with Crippen molar-refractivity contribution < 1.29 is 33.0 Å². The molecule has 0 aliphatic carbocycles. The molecule has 0 radical (unpaired) electrons. The normalized spacial score (nSPS) is 11.3. The van der Waals surface area contributed by atoms with Gasteiger partial charge in [-0.05, 0) is 50.1 Å². The van der Waals surface area contributed by atoms with Crippen LogP contribution in [-0.2, 0) is 4.79 Å². The summed E-state index contributed by atoms with van der Waals surface area (Å²) in [5.41, 5.74) is 0.0867. The SMILES string of the molecule is COc1c(OCCCCCl)cccc1-c1csc(NC(=O)c2cc(F)c(/C=C(\C)C(=O)O)c(F)c2)n1. The molecule has 2 aromatic carbocycles. The number of methoxy groups -OCH3 is 1. The quantitative estimate of drug-likeness (QED) is 0.171. The molecule has 0 fully saturated rings. The van der Waals surface area contributed by atoms with Crippen molar-refractivity contribution in [1.82, 2.24) is 4.98 Å². The van der Waals surface area contributed by atoms with Gasteiger partial charge in [0.15, 0.2) is 16.6 Å². The number of aliphatic carboxylic acids is 1. The Morgan fingerprint density at radius 1 is 1.22 bits per heavy atom. The zero-order valence-electron chi connectivity index (χ0n) is 19.4. The van der Waals surface area contributed by atoms with Gasteiger partial charge < -0.3 is 14.6 Å². The molecule has 11 heteroatoms. The molecule has 0 bridgehead atoms. The summed E-state index contributed by atoms with van der Waals surface area (Å²) in [6.45, 7) is 1.68. The second-order valence-electron chi connectivity index (χ2n) is 7.56. The van der Waals surface area contributed by atoms with Crippen LogP contribution in [0, 0.1) is 11.6 Å². The first-order chi connectivity index (χ1) is 17.2. The summed E-state index contributed by atoms with van der Waals surface area (Å²) in [5.74, 6) is -2.63. The molecule has 0 unspecified atom stereocenters. The van der Waals surface area contributed by atoms with Crippen LogP contribution >= 0.6 is 22.9 Å². The predicted molar refractivity (Wildman–Crippen MR) is 135 cm³/mol. The van der Waals surface area contributed by atoms with Crippen LogP contribution in [0.5, 0.6) is 11.5 Å². The first-order valence-corrected chi connectivity index (χ1v) is 12.2. The summed E-state index contributed by atoms with van der Waals surface area (Å²) in [6, 6.07) is 7.03. The molecule has 1 amide bonds. The van der Waals surface area contributed by atoms with Gasteiger partial charge in [-0.3, -0.25) is 10.1 Å². The molecular formula is C25H23ClF2N2O5S. The number of carboxylic acids is 1. The number of aromatic nitrogens is 1. The van der Waals surface area contributed by atoms with E-state index >= 15 is 0 Å². The number of halogens is 3. The van der Waals surface area contributed by atoms with Crippen LogP contribution in [-0.4, -0.2) is 41.6 Å². The Labute approximate surface area is 215 Å². The third kappa shape index (κ3) is 6.58. The summed E-state index contributed by atoms with van der Waals surface area (Å²) < 4.78 is 40.2. The van der Waals surface area contributed by atoms with Gasteiger partial charge in [-0.2, -0.15) is 0 Å². The molecule has 0 saturated carbocycles. The molecule has 0 aliphatic heterocycles. The van der Waals surface area contributed by atoms with E-state index in [0.717, 1.165) is 42.4 Å². The average molecular weight is 537 g/mol. The number of thiazole rings is 1. The van der Waals surface area contributed by atoms with Crippen LogP contribution in [0.1, 0.15) is 35.7 Å². The molecular weight excluding hydrogens is 514 g/mol. The molecule has 190 valence electrons. The summed E-state index contributed by atoms with van der Waals surface area (Å²) in [4.78, 5) is 27.9. The van der Waals surface area contributed by atoms with E-state index in [-0.39, 0.29) is 16.3 Å². The lowest BCUT2D eigenvalue weighted by atomic mass is 10.1. The average Bonchev–Trinajstić information content (AvgIpc) is 3.31. The third-order valence-corrected chi connectivity index (χ3v) is 6.03. The fourth-order valence-electron chi connectivity index (χ4n) is 3.18. The number of anilines is 1. The van der Waals surface area contributed by atoms with Crippen molar-refractivity contribution >= 4 is 46.0 Å². The van der Waals surface area contributed by atoms with Crippen molar-refractivity contribution in [2.75, 3.05) is 24.9 Å². The van der Waals surface area contributed by atoms with E-state index in [0.29, 0.717) is 35.2 Å². The standard InChI is InChI=1S/C25H23ClF2N2O5S/c1-14(24(32)33)10-17-18(27)11-15(12-19(17)28)23(31)30-25-29-20(13-36-25)16-6-5-7-21(22(16)34-2)35-9-4-3-8-26/h5-7,10-13H,3-4,8-9H2,1-2H3,(H,32,33)(H,29,30,31)/b14-10+. The highest BCUT2D eigenvalue weighted by Crippen LogP contribution is 2.39. The van der Waals surface area contributed by atoms with E-state index in [1.807, 2.05) is 0 Å². The number of rotatable bonds is 11. The number of para-hydroxylation sites is 1. The van der Waals surface area contributed by atoms with E-state index in [1.165, 1.54) is 14.0 Å². The fraction of sp³-hybridized carbons (Fsp3) is 0.240. The van der Waals surface area contributed by atoms with Gasteiger partial charge in [0.1, 0.15) is 11.6 Å². The molecule has 3 rings (SSSR count). The van der Waals surface area contributed by atoms with Crippen molar-refractivity contribution in [1.29, 1.82) is 0 Å². The lowest BCUT2D eigenvalue weighted by molar-refractivity contribution is -0.132. The van der Waals surface area contributed by atoms with Crippen LogP contribution in [0.25, 0.3) is 17.3 Å². The maximum atomic E-state index is 14.4. The molecule has 1 heterocycles. The van der Waals surface area contributed by atoms with Gasteiger partial charge in [-0.15, -0.1) is 22.9 Å². The minimum atomic E-state index is -1.31. The molecule has 0 atom stereocenters. The molecule has 7 nitrogen and oxygen atoms in total. The topological polar surface area (TPSA) is 97.8 Å². The highest BCUT2D eigenvalue weighted by Gasteiger charge is 2.18. The zero-order valence-corrected chi connectivity index (χ0v) is 21.0. The molecule has 2 N–H and O–H groups in total. The Bertz CT molecular complexity index is 1270. The predicted octanol–water partition coefficient (Wildman–Crippen LogP) is 6.23. The van der Waals surface area contributed by atoms with Crippen LogP contribution in [0.3, 0.4) is 0 Å². The number of benzene rings is 2. The Morgan fingerprint density at radius 3 is 2.58 bits per heavy atom. The number of hydrogen-bond acceptors (Lipinski definition) is 6. The molecule has 0 spiro atoms. The number of nitrogens with zero attached hydrogens (tertiary/aromatic N) is 1. The number of nitrogens with one attached hydrogen (secondary N) is 1. The van der Waals surface area contributed by atoms with Crippen LogP contribution < -0.4 is 14.8 Å². The Hall–Kier alpha value is -3.50. The molecule has 36 heavy (non-hydrogen) atoms. The number of carbonyl (C=O) groups excluding carboxylic acids is 1. The molecule has 1 aromatic heterocycles. The van der Waals surface area contributed by atoms with Crippen molar-refractivity contribution in [3.8, 4) is 22.8 Å². The largest absolute Gasteiger partial charge is 0.492 e. The van der Waals surface area contributed by atoms with Gasteiger partial charge in [-0.25, -0.2) is 18.6 Å². The smallest absolute Gasteiger partial charge is 0.331 e. The lowest BCUT2D eigenvalue weighted by Gasteiger charge is -2.13. The van der Waals surface area contributed by atoms with E-state index < -0.39 is 29.1 Å². The number of carbonyl (C=O) groups is 2. The summed E-state index contributed by atoms with van der Waals surface area (Å²) in [5, 5.41) is 13.4. The van der Waals surface area contributed by atoms with Crippen LogP contribution in [0.2, 0.25) is 0 Å². The first-order valence-electron chi connectivity index (χ1n) is 10.8. The third-order valence-electron chi connectivity index (χ3n) is 5.01. The Kier molecular flexibility index (Phi) is 9.38. The van der Waals surface area contributed by atoms with Crippen molar-refractivity contribution in [2.45, 2.75) is 19.8 Å². The van der Waals surface area contributed by atoms with Gasteiger partial charge in [0, 0.05) is 33.5 Å². The lowest BCUT2D eigenvalue weighted by Crippen LogP contribution is -2.13. The first kappa shape index (κ1) is 27.1. The molecule has 0 saturated heterocycles. The van der Waals surface area contributed by atoms with Gasteiger partial charge in [-0.1, -0.05) is 6.07 Å². The summed E-state index contributed by atoms with van der Waals surface area (Å²) in [6.07, 6.45) is 2.49. The van der Waals surface area contributed by atoms with E-state index in [1.54, 1.807) is 23.6 Å². The second-order valence-corrected chi connectivity index (χ2v) is 8.80. The monoisotopic (exact) mass is 536 g/mol. The van der Waals surface area contributed by atoms with Crippen LogP contribution in [0.15, 0.2) is 41.3 Å². The number of carboxylic acid groups (broad SMARTS) is 1. The molecule has 3 aromatic rings. The highest BCUT2D eigenvalue weighted by atomic mass is 35.5. The minimum Gasteiger partial charge on any atom is -0.492 e. The van der Waals surface area contributed by atoms with Crippen molar-refractivity contribution in [3.63, 3.8) is 0 Å². The molecule has 0 aliphatic rings. The van der Waals surface area contributed by atoms with E-state index in [9.17, 15) is 18.4 Å². The summed E-state index contributed by atoms with van der Waals surface area (Å²) >= 11 is 6.82. The van der Waals surface area contributed by atoms with Gasteiger partial charge in [0.05, 0.1) is 19.4 Å². The Balaban J connectivity index is 1.79. The van der Waals surface area contributed by atoms with Gasteiger partial charge in [0.25, 0.3) is 5.91 Å². The van der Waals surface area contributed by atoms with Crippen molar-refractivity contribution in [3.05, 3.63) is 64.0 Å². The highest BCUT2D eigenvalue weighted by molar-refractivity contribution is 7.14. The summed E-state index contributed by atoms with van der Waals surface area (Å²) in [7, 11) is 1.51. The fourth-order valence-corrected chi connectivity index (χ4v) is 4.07. The van der Waals surface area contributed by atoms with E-state index in [4.69, 9.17) is 26.2 Å². The maximum Gasteiger partial charge on any atom is 0.331 e. The number of amides is 1. The zero-order chi connectivity index (χ0) is 26.2. The second kappa shape index (κ2) is 12.5. The van der Waals surface area contributed by atoms with Crippen molar-refractivity contribution in [2.24, 2.45) is 0 Å². The number of hydrogen-bond donors (Lipinski definition) is 2. The number of ether oxygens (including phenoxy) is 2. The minimum absolute atomic E-state index is 0.206. The van der Waals surface area contributed by atoms with Gasteiger partial charge >= 0.3 is 5.97 Å². The Morgan fingerprint density at radius 2 is 1.94 bits per heavy atom. The number of unbranched alkanes of at least 4 members (excludes halogenated alkanes) is 1. The van der Waals surface area contributed by atoms with E-state index in [2.05, 4.69) is 10.3 Å².